The van der Waals surface area contributed by atoms with Crippen LogP contribution in [0, 0.1) is 5.92 Å². The maximum atomic E-state index is 9.03. The molecule has 2 rings (SSSR count). The van der Waals surface area contributed by atoms with Crippen molar-refractivity contribution in [3.8, 4) is 0 Å². The molecule has 0 saturated carbocycles. The summed E-state index contributed by atoms with van der Waals surface area (Å²) >= 11 is 0. The predicted octanol–water partition coefficient (Wildman–Crippen LogP) is 0.443. The third kappa shape index (κ3) is 2.69. The van der Waals surface area contributed by atoms with Crippen molar-refractivity contribution in [1.29, 1.82) is 0 Å². The molecule has 0 bridgehead atoms. The zero-order valence-electron chi connectivity index (χ0n) is 8.91. The lowest BCUT2D eigenvalue weighted by atomic mass is 9.97. The molecule has 2 saturated heterocycles. The third-order valence-electron chi connectivity index (χ3n) is 3.61. The molecule has 1 atom stereocenters. The molecule has 0 aromatic rings. The predicted molar refractivity (Wildman–Crippen MR) is 57.3 cm³/mol. The first-order valence-corrected chi connectivity index (χ1v) is 5.95. The molecule has 14 heavy (non-hydrogen) atoms. The van der Waals surface area contributed by atoms with Gasteiger partial charge in [0.15, 0.2) is 0 Å². The molecular weight excluding hydrogens is 176 g/mol. The third-order valence-corrected chi connectivity index (χ3v) is 3.61. The van der Waals surface area contributed by atoms with Crippen molar-refractivity contribution in [2.75, 3.05) is 32.8 Å². The number of likely N-dealkylation sites (tertiary alicyclic amines) is 1. The Morgan fingerprint density at radius 3 is 2.57 bits per heavy atom. The van der Waals surface area contributed by atoms with Gasteiger partial charge >= 0.3 is 0 Å². The molecule has 2 fully saturated rings. The van der Waals surface area contributed by atoms with Crippen LogP contribution in [-0.4, -0.2) is 48.8 Å². The summed E-state index contributed by atoms with van der Waals surface area (Å²) in [5.41, 5.74) is 0. The van der Waals surface area contributed by atoms with Crippen LogP contribution in [0.3, 0.4) is 0 Å². The van der Waals surface area contributed by atoms with Gasteiger partial charge < -0.3 is 15.3 Å². The van der Waals surface area contributed by atoms with Crippen molar-refractivity contribution >= 4 is 0 Å². The van der Waals surface area contributed by atoms with E-state index in [0.717, 1.165) is 6.04 Å². The second-order valence-corrected chi connectivity index (χ2v) is 4.72. The normalized spacial score (nSPS) is 31.1. The number of hydrogen-bond donors (Lipinski definition) is 2. The highest BCUT2D eigenvalue weighted by Gasteiger charge is 2.22. The van der Waals surface area contributed by atoms with E-state index in [0.29, 0.717) is 12.5 Å². The van der Waals surface area contributed by atoms with Crippen LogP contribution in [0.5, 0.6) is 0 Å². The largest absolute Gasteiger partial charge is 0.396 e. The van der Waals surface area contributed by atoms with E-state index in [2.05, 4.69) is 10.2 Å². The second kappa shape index (κ2) is 5.10. The first-order valence-electron chi connectivity index (χ1n) is 5.95. The van der Waals surface area contributed by atoms with Gasteiger partial charge in [0.25, 0.3) is 0 Å². The number of hydrogen-bond acceptors (Lipinski definition) is 3. The molecule has 0 spiro atoms. The topological polar surface area (TPSA) is 35.5 Å². The molecule has 0 aliphatic carbocycles. The van der Waals surface area contributed by atoms with E-state index in [1.807, 2.05) is 0 Å². The average Bonchev–Trinajstić information content (AvgIpc) is 2.72. The molecule has 0 aromatic carbocycles. The van der Waals surface area contributed by atoms with Crippen molar-refractivity contribution in [1.82, 2.24) is 10.2 Å². The standard InChI is InChI=1S/C11H22N2O/c14-9-10-3-6-13(7-4-10)8-11-2-1-5-12-11/h10-12,14H,1-9H2/t11-/m1/s1. The van der Waals surface area contributed by atoms with Crippen molar-refractivity contribution in [3.63, 3.8) is 0 Å². The highest BCUT2D eigenvalue weighted by Crippen LogP contribution is 2.17. The van der Waals surface area contributed by atoms with Crippen LogP contribution in [0.4, 0.5) is 0 Å². The van der Waals surface area contributed by atoms with Gasteiger partial charge in [-0.1, -0.05) is 0 Å². The number of aliphatic hydroxyl groups excluding tert-OH is 1. The Morgan fingerprint density at radius 1 is 1.21 bits per heavy atom. The number of rotatable bonds is 3. The number of aliphatic hydroxyl groups is 1. The lowest BCUT2D eigenvalue weighted by Crippen LogP contribution is -2.42. The quantitative estimate of drug-likeness (QED) is 0.691. The second-order valence-electron chi connectivity index (χ2n) is 4.72. The van der Waals surface area contributed by atoms with Crippen molar-refractivity contribution in [2.24, 2.45) is 5.92 Å². The number of nitrogens with one attached hydrogen (secondary N) is 1. The molecule has 0 unspecified atom stereocenters. The van der Waals surface area contributed by atoms with Crippen molar-refractivity contribution in [3.05, 3.63) is 0 Å². The summed E-state index contributed by atoms with van der Waals surface area (Å²) in [6.07, 6.45) is 5.06. The minimum atomic E-state index is 0.384. The Morgan fingerprint density at radius 2 is 2.00 bits per heavy atom. The fourth-order valence-electron chi connectivity index (χ4n) is 2.58. The van der Waals surface area contributed by atoms with Crippen LogP contribution in [0.25, 0.3) is 0 Å². The lowest BCUT2D eigenvalue weighted by Gasteiger charge is -2.32. The summed E-state index contributed by atoms with van der Waals surface area (Å²) in [5.74, 6) is 0.572. The molecule has 3 nitrogen and oxygen atoms in total. The molecule has 0 amide bonds. The summed E-state index contributed by atoms with van der Waals surface area (Å²) in [4.78, 5) is 2.55. The highest BCUT2D eigenvalue weighted by molar-refractivity contribution is 4.80. The van der Waals surface area contributed by atoms with Crippen molar-refractivity contribution in [2.45, 2.75) is 31.7 Å². The van der Waals surface area contributed by atoms with E-state index < -0.39 is 0 Å². The van der Waals surface area contributed by atoms with Gasteiger partial charge in [-0.25, -0.2) is 0 Å². The minimum Gasteiger partial charge on any atom is -0.396 e. The van der Waals surface area contributed by atoms with Gasteiger partial charge in [0.05, 0.1) is 0 Å². The number of nitrogens with zero attached hydrogens (tertiary/aromatic N) is 1. The van der Waals surface area contributed by atoms with Crippen LogP contribution in [0.15, 0.2) is 0 Å². The maximum absolute atomic E-state index is 9.03. The maximum Gasteiger partial charge on any atom is 0.0460 e. The van der Waals surface area contributed by atoms with Gasteiger partial charge in [0.2, 0.25) is 0 Å². The summed E-state index contributed by atoms with van der Waals surface area (Å²) in [5, 5.41) is 12.6. The lowest BCUT2D eigenvalue weighted by molar-refractivity contribution is 0.125. The van der Waals surface area contributed by atoms with E-state index in [9.17, 15) is 0 Å². The fraction of sp³-hybridized carbons (Fsp3) is 1.00. The van der Waals surface area contributed by atoms with E-state index in [1.165, 1.54) is 51.9 Å². The van der Waals surface area contributed by atoms with Gasteiger partial charge in [0, 0.05) is 19.2 Å². The Bertz CT molecular complexity index is 161. The summed E-state index contributed by atoms with van der Waals surface area (Å²) < 4.78 is 0. The highest BCUT2D eigenvalue weighted by atomic mass is 16.3. The minimum absolute atomic E-state index is 0.384. The number of piperidine rings is 1. The van der Waals surface area contributed by atoms with E-state index in [1.54, 1.807) is 0 Å². The van der Waals surface area contributed by atoms with Crippen LogP contribution in [-0.2, 0) is 0 Å². The van der Waals surface area contributed by atoms with E-state index in [-0.39, 0.29) is 0 Å². The first kappa shape index (κ1) is 10.4. The average molecular weight is 198 g/mol. The van der Waals surface area contributed by atoms with Gasteiger partial charge in [-0.15, -0.1) is 0 Å². The SMILES string of the molecule is OCC1CCN(C[C@H]2CCCN2)CC1. The summed E-state index contributed by atoms with van der Waals surface area (Å²) in [6.45, 7) is 5.18. The molecular formula is C11H22N2O. The Kier molecular flexibility index (Phi) is 3.79. The molecule has 2 aliphatic rings. The van der Waals surface area contributed by atoms with E-state index in [4.69, 9.17) is 5.11 Å². The molecule has 2 heterocycles. The fourth-order valence-corrected chi connectivity index (χ4v) is 2.58. The first-order chi connectivity index (χ1) is 6.88. The molecule has 82 valence electrons. The van der Waals surface area contributed by atoms with Crippen LogP contribution in [0.2, 0.25) is 0 Å². The Balaban J connectivity index is 1.67. The van der Waals surface area contributed by atoms with E-state index >= 15 is 0 Å². The molecule has 0 aromatic heterocycles. The molecule has 2 N–H and O–H groups in total. The van der Waals surface area contributed by atoms with Gasteiger partial charge in [-0.3, -0.25) is 0 Å². The molecule has 3 heteroatoms. The molecule has 0 radical (unpaired) electrons. The van der Waals surface area contributed by atoms with Crippen LogP contribution < -0.4 is 5.32 Å². The van der Waals surface area contributed by atoms with Gasteiger partial charge in [-0.05, 0) is 51.2 Å². The summed E-state index contributed by atoms with van der Waals surface area (Å²) in [7, 11) is 0. The van der Waals surface area contributed by atoms with Crippen LogP contribution in [0.1, 0.15) is 25.7 Å². The van der Waals surface area contributed by atoms with Crippen LogP contribution >= 0.6 is 0 Å². The molecule has 2 aliphatic heterocycles. The Labute approximate surface area is 86.5 Å². The van der Waals surface area contributed by atoms with Crippen molar-refractivity contribution < 1.29 is 5.11 Å². The zero-order valence-corrected chi connectivity index (χ0v) is 8.91. The van der Waals surface area contributed by atoms with Gasteiger partial charge in [0.1, 0.15) is 0 Å². The summed E-state index contributed by atoms with van der Waals surface area (Å²) in [6, 6.07) is 0.737. The van der Waals surface area contributed by atoms with Gasteiger partial charge in [-0.2, -0.15) is 0 Å². The smallest absolute Gasteiger partial charge is 0.0460 e. The Hall–Kier alpha value is -0.120. The zero-order chi connectivity index (χ0) is 9.80. The monoisotopic (exact) mass is 198 g/mol.